The van der Waals surface area contributed by atoms with Gasteiger partial charge in [-0.3, -0.25) is 14.5 Å². The highest BCUT2D eigenvalue weighted by Crippen LogP contribution is 2.33. The predicted molar refractivity (Wildman–Crippen MR) is 139 cm³/mol. The Morgan fingerprint density at radius 1 is 1.11 bits per heavy atom. The second-order valence-electron chi connectivity index (χ2n) is 9.50. The molecule has 0 spiro atoms. The highest BCUT2D eigenvalue weighted by atomic mass is 16.5. The van der Waals surface area contributed by atoms with Crippen molar-refractivity contribution >= 4 is 23.5 Å². The van der Waals surface area contributed by atoms with Gasteiger partial charge in [-0.15, -0.1) is 0 Å². The Balaban J connectivity index is 1.24. The quantitative estimate of drug-likeness (QED) is 0.495. The number of nitrogens with one attached hydrogen (secondary N) is 2. The molecule has 0 aromatic heterocycles. The molecular weight excluding hydrogens is 456 g/mol. The summed E-state index contributed by atoms with van der Waals surface area (Å²) in [6.07, 6.45) is 2.59. The molecule has 1 saturated heterocycles. The van der Waals surface area contributed by atoms with E-state index in [1.807, 2.05) is 42.5 Å². The number of anilines is 1. The first-order valence-corrected chi connectivity index (χ1v) is 12.8. The number of hydrogen-bond acceptors (Lipinski definition) is 5. The van der Waals surface area contributed by atoms with E-state index in [9.17, 15) is 14.4 Å². The zero-order valence-electron chi connectivity index (χ0n) is 21.1. The molecular formula is C28H36N4O4. The minimum Gasteiger partial charge on any atom is -0.497 e. The standard InChI is InChI=1S/C28H36N4O4/c1-3-31(22-8-5-4-6-9-22)17-7-16-29-26(33)21-12-15-24-25(18-21)30-28(35)32(27(24)34)19-20-10-13-23(36-2)14-11-20/h4-6,8-11,13-14,21,24-25H,3,7,12,15-19H2,1-2H3,(H,29,33)(H,30,35). The van der Waals surface area contributed by atoms with Crippen LogP contribution in [0.1, 0.15) is 38.2 Å². The number of carbonyl (C=O) groups excluding carboxylic acids is 3. The van der Waals surface area contributed by atoms with Gasteiger partial charge < -0.3 is 20.3 Å². The molecule has 36 heavy (non-hydrogen) atoms. The van der Waals surface area contributed by atoms with Crippen LogP contribution >= 0.6 is 0 Å². The number of hydrogen-bond donors (Lipinski definition) is 2. The molecule has 4 amide bonds. The summed E-state index contributed by atoms with van der Waals surface area (Å²) in [7, 11) is 1.60. The van der Waals surface area contributed by atoms with Crippen LogP contribution in [0.3, 0.4) is 0 Å². The van der Waals surface area contributed by atoms with Gasteiger partial charge in [-0.1, -0.05) is 30.3 Å². The molecule has 1 aliphatic heterocycles. The predicted octanol–water partition coefficient (Wildman–Crippen LogP) is 3.56. The summed E-state index contributed by atoms with van der Waals surface area (Å²) < 4.78 is 5.17. The highest BCUT2D eigenvalue weighted by molar-refractivity contribution is 5.99. The summed E-state index contributed by atoms with van der Waals surface area (Å²) in [4.78, 5) is 42.3. The topological polar surface area (TPSA) is 91.0 Å². The first-order valence-electron chi connectivity index (χ1n) is 12.8. The molecule has 2 fully saturated rings. The van der Waals surface area contributed by atoms with Crippen LogP contribution in [0, 0.1) is 11.8 Å². The number of fused-ring (bicyclic) bond motifs is 1. The molecule has 0 bridgehead atoms. The van der Waals surface area contributed by atoms with E-state index in [1.54, 1.807) is 7.11 Å². The molecule has 8 nitrogen and oxygen atoms in total. The Bertz CT molecular complexity index is 1040. The zero-order valence-corrected chi connectivity index (χ0v) is 21.1. The molecule has 0 radical (unpaired) electrons. The van der Waals surface area contributed by atoms with Gasteiger partial charge in [-0.05, 0) is 62.4 Å². The number of nitrogens with zero attached hydrogens (tertiary/aromatic N) is 2. The lowest BCUT2D eigenvalue weighted by Crippen LogP contribution is -2.61. The molecule has 3 atom stereocenters. The van der Waals surface area contributed by atoms with Crippen molar-refractivity contribution in [2.45, 2.75) is 45.2 Å². The molecule has 1 saturated carbocycles. The van der Waals surface area contributed by atoms with Gasteiger partial charge in [0.2, 0.25) is 11.8 Å². The monoisotopic (exact) mass is 492 g/mol. The highest BCUT2D eigenvalue weighted by Gasteiger charge is 2.45. The van der Waals surface area contributed by atoms with E-state index in [0.29, 0.717) is 25.8 Å². The van der Waals surface area contributed by atoms with Crippen molar-refractivity contribution in [3.8, 4) is 5.75 Å². The van der Waals surface area contributed by atoms with E-state index < -0.39 is 6.03 Å². The third-order valence-corrected chi connectivity index (χ3v) is 7.27. The van der Waals surface area contributed by atoms with Crippen molar-refractivity contribution in [2.24, 2.45) is 11.8 Å². The lowest BCUT2D eigenvalue weighted by atomic mass is 9.76. The second-order valence-corrected chi connectivity index (χ2v) is 9.50. The number of urea groups is 1. The van der Waals surface area contributed by atoms with E-state index in [4.69, 9.17) is 4.74 Å². The molecule has 2 aliphatic rings. The Kier molecular flexibility index (Phi) is 8.46. The van der Waals surface area contributed by atoms with Crippen LogP contribution in [0.25, 0.3) is 0 Å². The zero-order chi connectivity index (χ0) is 25.5. The fourth-order valence-corrected chi connectivity index (χ4v) is 5.20. The molecule has 4 rings (SSSR count). The van der Waals surface area contributed by atoms with E-state index in [2.05, 4.69) is 34.6 Å². The fourth-order valence-electron chi connectivity index (χ4n) is 5.20. The summed E-state index contributed by atoms with van der Waals surface area (Å²) in [6, 6.07) is 16.9. The third-order valence-electron chi connectivity index (χ3n) is 7.27. The van der Waals surface area contributed by atoms with Crippen LogP contribution in [0.5, 0.6) is 5.75 Å². The number of carbonyl (C=O) groups is 3. The summed E-state index contributed by atoms with van der Waals surface area (Å²) in [5.74, 6) is 0.110. The molecule has 3 unspecified atom stereocenters. The van der Waals surface area contributed by atoms with Gasteiger partial charge in [0, 0.05) is 37.3 Å². The summed E-state index contributed by atoms with van der Waals surface area (Å²) in [6.45, 7) is 4.73. The minimum atomic E-state index is -0.390. The SMILES string of the molecule is CCN(CCCNC(=O)C1CCC2C(=O)N(Cc3ccc(OC)cc3)C(=O)NC2C1)c1ccccc1. The van der Waals surface area contributed by atoms with Crippen LogP contribution in [0.15, 0.2) is 54.6 Å². The van der Waals surface area contributed by atoms with Gasteiger partial charge in [-0.25, -0.2) is 4.79 Å². The Morgan fingerprint density at radius 2 is 1.86 bits per heavy atom. The molecule has 2 aromatic carbocycles. The normalized spacial score (nSPS) is 21.4. The van der Waals surface area contributed by atoms with Crippen molar-refractivity contribution in [2.75, 3.05) is 31.6 Å². The molecule has 2 aromatic rings. The number of imide groups is 1. The first-order chi connectivity index (χ1) is 17.5. The smallest absolute Gasteiger partial charge is 0.324 e. The lowest BCUT2D eigenvalue weighted by Gasteiger charge is -2.42. The maximum absolute atomic E-state index is 13.1. The Morgan fingerprint density at radius 3 is 2.56 bits per heavy atom. The molecule has 8 heteroatoms. The van der Waals surface area contributed by atoms with Gasteiger partial charge in [-0.2, -0.15) is 0 Å². The summed E-state index contributed by atoms with van der Waals surface area (Å²) >= 11 is 0. The van der Waals surface area contributed by atoms with Crippen molar-refractivity contribution < 1.29 is 19.1 Å². The molecule has 1 heterocycles. The lowest BCUT2D eigenvalue weighted by molar-refractivity contribution is -0.139. The van der Waals surface area contributed by atoms with E-state index in [-0.39, 0.29) is 36.2 Å². The van der Waals surface area contributed by atoms with Crippen LogP contribution in [0.4, 0.5) is 10.5 Å². The van der Waals surface area contributed by atoms with Crippen molar-refractivity contribution in [3.63, 3.8) is 0 Å². The van der Waals surface area contributed by atoms with Crippen LogP contribution in [-0.4, -0.2) is 55.5 Å². The van der Waals surface area contributed by atoms with E-state index in [0.717, 1.165) is 30.8 Å². The maximum Gasteiger partial charge on any atom is 0.324 e. The number of methoxy groups -OCH3 is 1. The summed E-state index contributed by atoms with van der Waals surface area (Å²) in [5.41, 5.74) is 2.04. The second kappa shape index (κ2) is 11.9. The molecule has 1 aliphatic carbocycles. The Labute approximate surface area is 213 Å². The van der Waals surface area contributed by atoms with Crippen LogP contribution in [0.2, 0.25) is 0 Å². The van der Waals surface area contributed by atoms with Crippen molar-refractivity contribution in [3.05, 3.63) is 60.2 Å². The number of amides is 4. The van der Waals surface area contributed by atoms with Crippen LogP contribution in [-0.2, 0) is 16.1 Å². The van der Waals surface area contributed by atoms with E-state index >= 15 is 0 Å². The largest absolute Gasteiger partial charge is 0.497 e. The maximum atomic E-state index is 13.1. The van der Waals surface area contributed by atoms with Gasteiger partial charge >= 0.3 is 6.03 Å². The van der Waals surface area contributed by atoms with Crippen molar-refractivity contribution in [1.29, 1.82) is 0 Å². The number of benzene rings is 2. The first kappa shape index (κ1) is 25.5. The third kappa shape index (κ3) is 5.98. The Hall–Kier alpha value is -3.55. The number of rotatable bonds is 10. The minimum absolute atomic E-state index is 0.0126. The van der Waals surface area contributed by atoms with Gasteiger partial charge in [0.15, 0.2) is 0 Å². The van der Waals surface area contributed by atoms with Gasteiger partial charge in [0.25, 0.3) is 0 Å². The fraction of sp³-hybridized carbons (Fsp3) is 0.464. The summed E-state index contributed by atoms with van der Waals surface area (Å²) in [5, 5.41) is 6.06. The van der Waals surface area contributed by atoms with Crippen molar-refractivity contribution in [1.82, 2.24) is 15.5 Å². The van der Waals surface area contributed by atoms with Crippen LogP contribution < -0.4 is 20.3 Å². The molecule has 192 valence electrons. The van der Waals surface area contributed by atoms with E-state index in [1.165, 1.54) is 10.6 Å². The average Bonchev–Trinajstić information content (AvgIpc) is 2.91. The molecule has 2 N–H and O–H groups in total. The number of para-hydroxylation sites is 1. The average molecular weight is 493 g/mol. The van der Waals surface area contributed by atoms with Gasteiger partial charge in [0.1, 0.15) is 5.75 Å². The number of ether oxygens (including phenoxy) is 1. The van der Waals surface area contributed by atoms with Gasteiger partial charge in [0.05, 0.1) is 19.6 Å².